The highest BCUT2D eigenvalue weighted by molar-refractivity contribution is 5.94. The summed E-state index contributed by atoms with van der Waals surface area (Å²) in [7, 11) is 1.30. The molecule has 2 aliphatic rings. The van der Waals surface area contributed by atoms with Crippen molar-refractivity contribution in [3.05, 3.63) is 65.5 Å². The maximum atomic E-state index is 12.8. The Morgan fingerprint density at radius 1 is 1.10 bits per heavy atom. The number of amides is 2. The largest absolute Gasteiger partial charge is 0.465 e. The van der Waals surface area contributed by atoms with Gasteiger partial charge < -0.3 is 14.4 Å². The van der Waals surface area contributed by atoms with Crippen LogP contribution >= 0.6 is 0 Å². The van der Waals surface area contributed by atoms with Gasteiger partial charge in [0.2, 0.25) is 0 Å². The number of ether oxygens (including phenoxy) is 2. The molecular weight excluding hydrogens is 386 g/mol. The summed E-state index contributed by atoms with van der Waals surface area (Å²) in [4.78, 5) is 44.3. The van der Waals surface area contributed by atoms with Crippen molar-refractivity contribution in [3.8, 4) is 0 Å². The van der Waals surface area contributed by atoms with Gasteiger partial charge in [-0.2, -0.15) is 0 Å². The second kappa shape index (κ2) is 8.52. The average molecular weight is 409 g/mol. The van der Waals surface area contributed by atoms with Gasteiger partial charge in [0.15, 0.2) is 0 Å². The first-order chi connectivity index (χ1) is 14.6. The van der Waals surface area contributed by atoms with Crippen molar-refractivity contribution in [2.24, 2.45) is 0 Å². The molecule has 2 amide bonds. The maximum absolute atomic E-state index is 12.8. The van der Waals surface area contributed by atoms with Crippen LogP contribution < -0.4 is 0 Å². The molecule has 0 radical (unpaired) electrons. The maximum Gasteiger partial charge on any atom is 0.410 e. The van der Waals surface area contributed by atoms with E-state index in [0.29, 0.717) is 38.1 Å². The highest BCUT2D eigenvalue weighted by Crippen LogP contribution is 2.33. The van der Waals surface area contributed by atoms with E-state index in [1.807, 2.05) is 35.2 Å². The lowest BCUT2D eigenvalue weighted by Gasteiger charge is -2.37. The van der Waals surface area contributed by atoms with E-state index in [1.54, 1.807) is 4.90 Å². The molecule has 2 saturated heterocycles. The second-order valence-electron chi connectivity index (χ2n) is 7.36. The van der Waals surface area contributed by atoms with Crippen molar-refractivity contribution in [1.29, 1.82) is 0 Å². The molecule has 4 rings (SSSR count). The number of benzene rings is 1. The fourth-order valence-corrected chi connectivity index (χ4v) is 4.04. The van der Waals surface area contributed by atoms with E-state index in [0.717, 1.165) is 5.56 Å². The first kappa shape index (κ1) is 19.9. The molecule has 156 valence electrons. The standard InChI is InChI=1S/C22H23N3O5/c1-29-21(27)16-7-8-18(23-13-16)20(26)24-11-9-17(10-12-24)25-19(14-30-22(25)28)15-5-3-2-4-6-15/h2-8,13,17,19H,9-12,14H2,1H3. The Bertz CT molecular complexity index is 924. The predicted molar refractivity (Wildman–Crippen MR) is 107 cm³/mol. The van der Waals surface area contributed by atoms with Crippen LogP contribution in [0.5, 0.6) is 0 Å². The fraction of sp³-hybridized carbons (Fsp3) is 0.364. The van der Waals surface area contributed by atoms with Gasteiger partial charge in [-0.25, -0.2) is 9.59 Å². The number of cyclic esters (lactones) is 1. The Labute approximate surface area is 174 Å². The molecule has 2 aliphatic heterocycles. The molecule has 1 unspecified atom stereocenters. The number of carbonyl (C=O) groups is 3. The van der Waals surface area contributed by atoms with Crippen molar-refractivity contribution in [1.82, 2.24) is 14.8 Å². The monoisotopic (exact) mass is 409 g/mol. The summed E-state index contributed by atoms with van der Waals surface area (Å²) < 4.78 is 9.97. The summed E-state index contributed by atoms with van der Waals surface area (Å²) in [6.07, 6.45) is 2.39. The van der Waals surface area contributed by atoms with Crippen molar-refractivity contribution >= 4 is 18.0 Å². The van der Waals surface area contributed by atoms with E-state index in [9.17, 15) is 14.4 Å². The van der Waals surface area contributed by atoms with Gasteiger partial charge in [0.05, 0.1) is 18.7 Å². The summed E-state index contributed by atoms with van der Waals surface area (Å²) in [5, 5.41) is 0. The van der Waals surface area contributed by atoms with Crippen LogP contribution in [-0.2, 0) is 9.47 Å². The molecule has 0 spiro atoms. The number of carbonyl (C=O) groups excluding carboxylic acids is 3. The normalized spacial score (nSPS) is 19.5. The van der Waals surface area contributed by atoms with Gasteiger partial charge in [0.25, 0.3) is 5.91 Å². The smallest absolute Gasteiger partial charge is 0.410 e. The van der Waals surface area contributed by atoms with Crippen LogP contribution in [0.3, 0.4) is 0 Å². The number of aromatic nitrogens is 1. The van der Waals surface area contributed by atoms with Gasteiger partial charge in [0, 0.05) is 25.3 Å². The zero-order chi connectivity index (χ0) is 21.1. The second-order valence-corrected chi connectivity index (χ2v) is 7.36. The minimum atomic E-state index is -0.493. The minimum absolute atomic E-state index is 0.0175. The summed E-state index contributed by atoms with van der Waals surface area (Å²) in [5.74, 6) is -0.679. The van der Waals surface area contributed by atoms with Crippen LogP contribution in [0.2, 0.25) is 0 Å². The first-order valence-electron chi connectivity index (χ1n) is 9.92. The van der Waals surface area contributed by atoms with Crippen LogP contribution in [0, 0.1) is 0 Å². The van der Waals surface area contributed by atoms with Gasteiger partial charge in [0.1, 0.15) is 12.3 Å². The van der Waals surface area contributed by atoms with Gasteiger partial charge in [-0.3, -0.25) is 14.7 Å². The van der Waals surface area contributed by atoms with Gasteiger partial charge in [-0.15, -0.1) is 0 Å². The number of likely N-dealkylation sites (tertiary alicyclic amines) is 1. The molecule has 0 aliphatic carbocycles. The molecule has 1 aromatic heterocycles. The van der Waals surface area contributed by atoms with Crippen LogP contribution in [-0.4, -0.2) is 65.6 Å². The Hall–Kier alpha value is -3.42. The third-order valence-corrected chi connectivity index (χ3v) is 5.64. The minimum Gasteiger partial charge on any atom is -0.465 e. The van der Waals surface area contributed by atoms with Crippen LogP contribution in [0.15, 0.2) is 48.7 Å². The van der Waals surface area contributed by atoms with E-state index in [2.05, 4.69) is 9.72 Å². The van der Waals surface area contributed by atoms with Gasteiger partial charge >= 0.3 is 12.1 Å². The quantitative estimate of drug-likeness (QED) is 0.722. The molecule has 8 nitrogen and oxygen atoms in total. The number of pyridine rings is 1. The van der Waals surface area contributed by atoms with Crippen LogP contribution in [0.25, 0.3) is 0 Å². The summed E-state index contributed by atoms with van der Waals surface area (Å²) in [5.41, 5.74) is 1.63. The molecule has 1 aromatic carbocycles. The average Bonchev–Trinajstić information content (AvgIpc) is 3.20. The molecule has 0 N–H and O–H groups in total. The number of methoxy groups -OCH3 is 1. The molecule has 1 atom stereocenters. The molecule has 30 heavy (non-hydrogen) atoms. The number of rotatable bonds is 4. The molecule has 3 heterocycles. The lowest BCUT2D eigenvalue weighted by atomic mass is 9.99. The molecule has 0 saturated carbocycles. The zero-order valence-electron chi connectivity index (χ0n) is 16.7. The highest BCUT2D eigenvalue weighted by atomic mass is 16.6. The number of esters is 1. The third kappa shape index (κ3) is 3.85. The molecular formula is C22H23N3O5. The highest BCUT2D eigenvalue weighted by Gasteiger charge is 2.40. The summed E-state index contributed by atoms with van der Waals surface area (Å²) >= 11 is 0. The van der Waals surface area contributed by atoms with E-state index in [4.69, 9.17) is 4.74 Å². The third-order valence-electron chi connectivity index (χ3n) is 5.64. The van der Waals surface area contributed by atoms with Crippen molar-refractivity contribution in [3.63, 3.8) is 0 Å². The van der Waals surface area contributed by atoms with Gasteiger partial charge in [-0.05, 0) is 30.5 Å². The Morgan fingerprint density at radius 2 is 1.83 bits per heavy atom. The topological polar surface area (TPSA) is 89.0 Å². The zero-order valence-corrected chi connectivity index (χ0v) is 16.7. The predicted octanol–water partition coefficient (Wildman–Crippen LogP) is 2.67. The lowest BCUT2D eigenvalue weighted by Crippen LogP contribution is -2.47. The fourth-order valence-electron chi connectivity index (χ4n) is 4.04. The van der Waals surface area contributed by atoms with Crippen LogP contribution in [0.4, 0.5) is 4.79 Å². The van der Waals surface area contributed by atoms with Crippen molar-refractivity contribution < 1.29 is 23.9 Å². The Morgan fingerprint density at radius 3 is 2.47 bits per heavy atom. The van der Waals surface area contributed by atoms with Crippen molar-refractivity contribution in [2.75, 3.05) is 26.8 Å². The number of nitrogens with zero attached hydrogens (tertiary/aromatic N) is 3. The molecule has 8 heteroatoms. The van der Waals surface area contributed by atoms with Crippen LogP contribution in [0.1, 0.15) is 45.3 Å². The lowest BCUT2D eigenvalue weighted by molar-refractivity contribution is 0.0593. The van der Waals surface area contributed by atoms with E-state index in [-0.39, 0.29) is 29.8 Å². The molecule has 2 aromatic rings. The number of hydrogen-bond donors (Lipinski definition) is 0. The van der Waals surface area contributed by atoms with E-state index >= 15 is 0 Å². The number of hydrogen-bond acceptors (Lipinski definition) is 6. The Balaban J connectivity index is 1.40. The van der Waals surface area contributed by atoms with Gasteiger partial charge in [-0.1, -0.05) is 30.3 Å². The van der Waals surface area contributed by atoms with E-state index < -0.39 is 5.97 Å². The molecule has 0 bridgehead atoms. The Kier molecular flexibility index (Phi) is 5.65. The summed E-state index contributed by atoms with van der Waals surface area (Å²) in [6.45, 7) is 1.39. The molecule has 2 fully saturated rings. The summed E-state index contributed by atoms with van der Waals surface area (Å²) in [6, 6.07) is 12.8. The number of piperidine rings is 1. The van der Waals surface area contributed by atoms with Crippen molar-refractivity contribution in [2.45, 2.75) is 24.9 Å². The SMILES string of the molecule is COC(=O)c1ccc(C(=O)N2CCC(N3C(=O)OCC3c3ccccc3)CC2)nc1. The first-order valence-corrected chi connectivity index (χ1v) is 9.92. The van der Waals surface area contributed by atoms with E-state index in [1.165, 1.54) is 25.4 Å².